The van der Waals surface area contributed by atoms with Gasteiger partial charge >= 0.3 is 0 Å². The van der Waals surface area contributed by atoms with E-state index in [0.29, 0.717) is 23.5 Å². The van der Waals surface area contributed by atoms with Gasteiger partial charge < -0.3 is 0 Å². The lowest BCUT2D eigenvalue weighted by Crippen LogP contribution is -2.46. The minimum Gasteiger partial charge on any atom is -0.299 e. The van der Waals surface area contributed by atoms with Crippen LogP contribution in [-0.4, -0.2) is 5.78 Å². The molecular weight excluding hydrogens is 316 g/mol. The predicted octanol–water partition coefficient (Wildman–Crippen LogP) is 6.25. The first-order valence-corrected chi connectivity index (χ1v) is 10.7. The molecule has 3 unspecified atom stereocenters. The Morgan fingerprint density at radius 3 is 2.88 bits per heavy atom. The van der Waals surface area contributed by atoms with E-state index in [9.17, 15) is 4.79 Å². The van der Waals surface area contributed by atoms with E-state index in [4.69, 9.17) is 0 Å². The van der Waals surface area contributed by atoms with Crippen molar-refractivity contribution in [2.45, 2.75) is 71.6 Å². The number of allylic oxidation sites excluding steroid dienone is 1. The summed E-state index contributed by atoms with van der Waals surface area (Å²) in [6, 6.07) is 7.14. The third kappa shape index (κ3) is 2.62. The van der Waals surface area contributed by atoms with E-state index in [1.54, 1.807) is 11.1 Å². The maximum Gasteiger partial charge on any atom is 0.142 e. The summed E-state index contributed by atoms with van der Waals surface area (Å²) >= 11 is 0. The smallest absolute Gasteiger partial charge is 0.142 e. The van der Waals surface area contributed by atoms with Crippen LogP contribution in [0.2, 0.25) is 0 Å². The van der Waals surface area contributed by atoms with Gasteiger partial charge in [-0.2, -0.15) is 0 Å². The minimum atomic E-state index is -0.0803. The number of ketones is 1. The van der Waals surface area contributed by atoms with Crippen LogP contribution in [-0.2, 0) is 11.2 Å². The van der Waals surface area contributed by atoms with Crippen molar-refractivity contribution < 1.29 is 4.79 Å². The monoisotopic (exact) mass is 350 g/mol. The lowest BCUT2D eigenvalue weighted by Gasteiger charge is -2.51. The van der Waals surface area contributed by atoms with Crippen LogP contribution in [0.15, 0.2) is 30.9 Å². The first-order chi connectivity index (χ1) is 12.5. The molecule has 6 atom stereocenters. The maximum atomic E-state index is 13.2. The number of hydrogen-bond donors (Lipinski definition) is 0. The zero-order valence-corrected chi connectivity index (χ0v) is 16.8. The number of hydrogen-bond acceptors (Lipinski definition) is 1. The molecule has 4 rings (SSSR count). The summed E-state index contributed by atoms with van der Waals surface area (Å²) in [5, 5.41) is 0. The molecule has 3 aliphatic carbocycles. The minimum absolute atomic E-state index is 0.0803. The second-order valence-electron chi connectivity index (χ2n) is 9.52. The van der Waals surface area contributed by atoms with Gasteiger partial charge in [0.05, 0.1) is 0 Å². The zero-order valence-electron chi connectivity index (χ0n) is 16.8. The van der Waals surface area contributed by atoms with E-state index >= 15 is 0 Å². The number of aryl methyl sites for hydroxylation is 1. The van der Waals surface area contributed by atoms with Crippen LogP contribution in [0.1, 0.15) is 75.0 Å². The fraction of sp³-hybridized carbons (Fsp3) is 0.640. The highest BCUT2D eigenvalue weighted by atomic mass is 16.1. The molecule has 1 heteroatoms. The van der Waals surface area contributed by atoms with Crippen molar-refractivity contribution in [3.8, 4) is 0 Å². The number of fused-ring (bicyclic) bond motifs is 5. The van der Waals surface area contributed by atoms with Crippen LogP contribution >= 0.6 is 0 Å². The Balaban J connectivity index is 1.75. The van der Waals surface area contributed by atoms with Gasteiger partial charge in [0.15, 0.2) is 0 Å². The van der Waals surface area contributed by atoms with Crippen molar-refractivity contribution in [3.05, 3.63) is 47.5 Å². The molecule has 2 saturated carbocycles. The van der Waals surface area contributed by atoms with E-state index in [1.807, 2.05) is 6.08 Å². The third-order valence-corrected chi connectivity index (χ3v) is 8.03. The highest BCUT2D eigenvalue weighted by molar-refractivity contribution is 5.89. The fourth-order valence-electron chi connectivity index (χ4n) is 6.92. The van der Waals surface area contributed by atoms with Gasteiger partial charge in [-0.05, 0) is 73.8 Å². The van der Waals surface area contributed by atoms with Gasteiger partial charge in [0.2, 0.25) is 0 Å². The number of rotatable bonds is 4. The van der Waals surface area contributed by atoms with Crippen molar-refractivity contribution in [3.63, 3.8) is 0 Å². The molecule has 1 nitrogen and oxygen atoms in total. The molecule has 0 radical (unpaired) electrons. The molecule has 26 heavy (non-hydrogen) atoms. The van der Waals surface area contributed by atoms with Crippen LogP contribution in [0, 0.1) is 36.0 Å². The summed E-state index contributed by atoms with van der Waals surface area (Å²) in [4.78, 5) is 13.2. The quantitative estimate of drug-likeness (QED) is 0.587. The number of benzene rings is 1. The van der Waals surface area contributed by atoms with Crippen LogP contribution in [0.4, 0.5) is 0 Å². The number of carbonyl (C=O) groups excluding carboxylic acids is 1. The molecule has 0 bridgehead atoms. The summed E-state index contributed by atoms with van der Waals surface area (Å²) in [5.41, 5.74) is 4.51. The molecule has 0 heterocycles. The number of carbonyl (C=O) groups is 1. The molecule has 0 saturated heterocycles. The Hall–Kier alpha value is -1.37. The summed E-state index contributed by atoms with van der Waals surface area (Å²) < 4.78 is 0. The third-order valence-electron chi connectivity index (χ3n) is 8.03. The van der Waals surface area contributed by atoms with E-state index in [2.05, 4.69) is 45.5 Å². The van der Waals surface area contributed by atoms with E-state index in [-0.39, 0.29) is 11.3 Å². The van der Waals surface area contributed by atoms with Gasteiger partial charge in [0.1, 0.15) is 5.78 Å². The fourth-order valence-corrected chi connectivity index (χ4v) is 6.92. The van der Waals surface area contributed by atoms with Gasteiger partial charge in [0.25, 0.3) is 0 Å². The molecule has 1 aromatic rings. The molecule has 1 aromatic carbocycles. The van der Waals surface area contributed by atoms with Gasteiger partial charge in [-0.1, -0.05) is 56.5 Å². The summed E-state index contributed by atoms with van der Waals surface area (Å²) in [5.74, 6) is 3.46. The van der Waals surface area contributed by atoms with Crippen LogP contribution < -0.4 is 0 Å². The zero-order chi connectivity index (χ0) is 18.5. The van der Waals surface area contributed by atoms with Crippen LogP contribution in [0.5, 0.6) is 0 Å². The van der Waals surface area contributed by atoms with E-state index in [0.717, 1.165) is 25.2 Å². The first kappa shape index (κ1) is 18.0. The molecule has 0 amide bonds. The van der Waals surface area contributed by atoms with Gasteiger partial charge in [-0.15, -0.1) is 6.58 Å². The average molecular weight is 351 g/mol. The second kappa shape index (κ2) is 6.66. The summed E-state index contributed by atoms with van der Waals surface area (Å²) in [6.45, 7) is 10.7. The molecule has 0 aromatic heterocycles. The predicted molar refractivity (Wildman–Crippen MR) is 108 cm³/mol. The lowest BCUT2D eigenvalue weighted by molar-refractivity contribution is -0.132. The van der Waals surface area contributed by atoms with Crippen LogP contribution in [0.3, 0.4) is 0 Å². The van der Waals surface area contributed by atoms with Crippen molar-refractivity contribution in [2.24, 2.45) is 29.1 Å². The van der Waals surface area contributed by atoms with Crippen molar-refractivity contribution >= 4 is 5.78 Å². The van der Waals surface area contributed by atoms with Crippen LogP contribution in [0.25, 0.3) is 0 Å². The highest BCUT2D eigenvalue weighted by Crippen LogP contribution is 2.62. The average Bonchev–Trinajstić information content (AvgIpc) is 2.86. The molecule has 0 aliphatic heterocycles. The number of Topliss-reactive ketones (excluding diaryl/α,β-unsaturated/α-hetero) is 1. The van der Waals surface area contributed by atoms with E-state index in [1.165, 1.54) is 31.2 Å². The highest BCUT2D eigenvalue weighted by Gasteiger charge is 2.59. The molecule has 0 spiro atoms. The summed E-state index contributed by atoms with van der Waals surface area (Å²) in [6.07, 6.45) is 9.99. The van der Waals surface area contributed by atoms with Crippen molar-refractivity contribution in [1.82, 2.24) is 0 Å². The Kier molecular flexibility index (Phi) is 4.61. The Morgan fingerprint density at radius 1 is 1.35 bits per heavy atom. The normalized spacial score (nSPS) is 38.4. The molecule has 3 aliphatic rings. The van der Waals surface area contributed by atoms with E-state index < -0.39 is 0 Å². The van der Waals surface area contributed by atoms with Gasteiger partial charge in [-0.25, -0.2) is 0 Å². The standard InChI is InChI=1S/C25H34O/c1-5-7-17-14-19-13-16(3)9-10-20(19)21-11-12-25(4)22(23(17)21)15-18(8-6-2)24(25)26/h6,9-10,13,17-18,21-23H,2,5,7-8,11-12,14-15H2,1,3-4H3/t17-,18-,21?,22?,23?,25+/m1/s1. The van der Waals surface area contributed by atoms with Gasteiger partial charge in [0, 0.05) is 11.3 Å². The topological polar surface area (TPSA) is 17.1 Å². The maximum absolute atomic E-state index is 13.2. The second-order valence-corrected chi connectivity index (χ2v) is 9.52. The van der Waals surface area contributed by atoms with Gasteiger partial charge in [-0.3, -0.25) is 4.79 Å². The Bertz CT molecular complexity index is 717. The van der Waals surface area contributed by atoms with Crippen molar-refractivity contribution in [2.75, 3.05) is 0 Å². The Labute approximate surface area is 159 Å². The molecular formula is C25H34O. The Morgan fingerprint density at radius 2 is 2.15 bits per heavy atom. The molecule has 2 fully saturated rings. The largest absolute Gasteiger partial charge is 0.299 e. The lowest BCUT2D eigenvalue weighted by atomic mass is 9.52. The molecule has 140 valence electrons. The van der Waals surface area contributed by atoms with Crippen molar-refractivity contribution in [1.29, 1.82) is 0 Å². The first-order valence-electron chi connectivity index (χ1n) is 10.7. The summed E-state index contributed by atoms with van der Waals surface area (Å²) in [7, 11) is 0. The molecule has 0 N–H and O–H groups in total. The SMILES string of the molecule is C=CC[C@@H]1CC2C3C(CC[C@]2(C)C1=O)c1ccc(C)cc1C[C@H]3CCC.